The Labute approximate surface area is 220 Å². The number of hydrogen-bond donors (Lipinski definition) is 0. The summed E-state index contributed by atoms with van der Waals surface area (Å²) in [6.07, 6.45) is 1.17. The number of esters is 2. The molecule has 2 atom stereocenters. The molecule has 0 saturated carbocycles. The van der Waals surface area contributed by atoms with Crippen LogP contribution < -0.4 is 0 Å². The van der Waals surface area contributed by atoms with Gasteiger partial charge in [-0.05, 0) is 63.6 Å². The maximum absolute atomic E-state index is 13.8. The highest BCUT2D eigenvalue weighted by Crippen LogP contribution is 2.45. The molecule has 0 N–H and O–H groups in total. The van der Waals surface area contributed by atoms with Crippen molar-refractivity contribution in [3.63, 3.8) is 0 Å². The number of benzene rings is 1. The minimum absolute atomic E-state index is 0.0742. The lowest BCUT2D eigenvalue weighted by Crippen LogP contribution is -2.44. The number of hydrogen-bond acceptors (Lipinski definition) is 8. The highest BCUT2D eigenvalue weighted by Gasteiger charge is 2.42. The summed E-state index contributed by atoms with van der Waals surface area (Å²) in [6, 6.07) is 5.35. The second-order valence-corrected chi connectivity index (χ2v) is 10.3. The Morgan fingerprint density at radius 1 is 1.22 bits per heavy atom. The van der Waals surface area contributed by atoms with Gasteiger partial charge >= 0.3 is 11.9 Å². The normalized spacial score (nSPS) is 21.5. The largest absolute Gasteiger partial charge is 0.466 e. The number of amides is 1. The molecule has 0 unspecified atom stereocenters. The average molecular weight is 530 g/mol. The van der Waals surface area contributed by atoms with E-state index in [9.17, 15) is 18.8 Å². The SMILES string of the molecule is CCOC(=O)[C@H]1CCCN(C(=O)CC2=CSC3=NC(C)=C(C(=O)OC(C)C)[C@@H](c4ccc(F)cc4)N23)C1. The number of amidine groups is 1. The van der Waals surface area contributed by atoms with Gasteiger partial charge in [0.05, 0.1) is 42.4 Å². The van der Waals surface area contributed by atoms with Gasteiger partial charge in [0, 0.05) is 18.8 Å². The number of likely N-dealkylation sites (tertiary alicyclic amines) is 1. The number of fused-ring (bicyclic) bond motifs is 1. The summed E-state index contributed by atoms with van der Waals surface area (Å²) >= 11 is 1.38. The standard InChI is InChI=1S/C27H32FN3O5S/c1-5-35-25(33)19-7-6-12-30(14-19)22(32)13-21-15-37-27-29-17(4)23(26(34)36-16(2)3)24(31(21)27)18-8-10-20(28)11-9-18/h8-11,15-16,19,24H,5-7,12-14H2,1-4H3/t19-,24+/m0/s1. The number of carbonyl (C=O) groups excluding carboxylic acids is 3. The summed E-state index contributed by atoms with van der Waals surface area (Å²) in [4.78, 5) is 47.0. The van der Waals surface area contributed by atoms with Gasteiger partial charge in [-0.1, -0.05) is 23.9 Å². The van der Waals surface area contributed by atoms with Gasteiger partial charge in [0.25, 0.3) is 0 Å². The lowest BCUT2D eigenvalue weighted by atomic mass is 9.93. The van der Waals surface area contributed by atoms with E-state index in [2.05, 4.69) is 4.99 Å². The van der Waals surface area contributed by atoms with Crippen molar-refractivity contribution < 1.29 is 28.2 Å². The summed E-state index contributed by atoms with van der Waals surface area (Å²) in [7, 11) is 0. The fourth-order valence-electron chi connectivity index (χ4n) is 4.79. The fraction of sp³-hybridized carbons (Fsp3) is 0.481. The van der Waals surface area contributed by atoms with Crippen molar-refractivity contribution in [1.82, 2.24) is 9.80 Å². The minimum Gasteiger partial charge on any atom is -0.466 e. The van der Waals surface area contributed by atoms with Crippen LogP contribution in [0, 0.1) is 11.7 Å². The minimum atomic E-state index is -0.623. The van der Waals surface area contributed by atoms with Crippen LogP contribution in [0.2, 0.25) is 0 Å². The number of ether oxygens (including phenoxy) is 2. The molecular weight excluding hydrogens is 497 g/mol. The van der Waals surface area contributed by atoms with Crippen molar-refractivity contribution in [3.8, 4) is 0 Å². The van der Waals surface area contributed by atoms with Gasteiger partial charge in [0.15, 0.2) is 5.17 Å². The number of nitrogens with zero attached hydrogens (tertiary/aromatic N) is 3. The first-order valence-corrected chi connectivity index (χ1v) is 13.4. The second-order valence-electron chi connectivity index (χ2n) is 9.51. The Bertz CT molecular complexity index is 1160. The first kappa shape index (κ1) is 26.9. The molecule has 1 aromatic rings. The van der Waals surface area contributed by atoms with Gasteiger partial charge in [0.1, 0.15) is 5.82 Å². The van der Waals surface area contributed by atoms with Crippen LogP contribution in [0.25, 0.3) is 0 Å². The van der Waals surface area contributed by atoms with Crippen molar-refractivity contribution >= 4 is 34.8 Å². The second kappa shape index (κ2) is 11.5. The van der Waals surface area contributed by atoms with E-state index in [0.717, 1.165) is 6.42 Å². The third-order valence-corrected chi connectivity index (χ3v) is 7.36. The maximum atomic E-state index is 13.8. The molecule has 0 spiro atoms. The summed E-state index contributed by atoms with van der Waals surface area (Å²) < 4.78 is 24.5. The first-order chi connectivity index (χ1) is 17.7. The Kier molecular flexibility index (Phi) is 8.36. The predicted octanol–water partition coefficient (Wildman–Crippen LogP) is 4.54. The fourth-order valence-corrected chi connectivity index (χ4v) is 5.76. The van der Waals surface area contributed by atoms with Gasteiger partial charge in [-0.3, -0.25) is 9.59 Å². The highest BCUT2D eigenvalue weighted by atomic mass is 32.2. The van der Waals surface area contributed by atoms with Gasteiger partial charge in [0.2, 0.25) is 5.91 Å². The zero-order chi connectivity index (χ0) is 26.7. The molecule has 0 radical (unpaired) electrons. The predicted molar refractivity (Wildman–Crippen MR) is 139 cm³/mol. The molecule has 37 heavy (non-hydrogen) atoms. The van der Waals surface area contributed by atoms with Crippen LogP contribution in [-0.2, 0) is 23.9 Å². The molecule has 3 heterocycles. The molecule has 1 saturated heterocycles. The Morgan fingerprint density at radius 3 is 2.62 bits per heavy atom. The summed E-state index contributed by atoms with van der Waals surface area (Å²) in [5.74, 6) is -1.60. The molecule has 1 amide bonds. The van der Waals surface area contributed by atoms with E-state index in [0.29, 0.717) is 53.8 Å². The van der Waals surface area contributed by atoms with Crippen molar-refractivity contribution in [3.05, 3.63) is 58.0 Å². The van der Waals surface area contributed by atoms with Crippen LogP contribution in [0.5, 0.6) is 0 Å². The Balaban J connectivity index is 1.60. The van der Waals surface area contributed by atoms with Crippen molar-refractivity contribution in [2.24, 2.45) is 10.9 Å². The van der Waals surface area contributed by atoms with Crippen LogP contribution in [0.1, 0.15) is 58.6 Å². The monoisotopic (exact) mass is 529 g/mol. The zero-order valence-electron chi connectivity index (χ0n) is 21.5. The third kappa shape index (κ3) is 5.89. The van der Waals surface area contributed by atoms with E-state index in [1.54, 1.807) is 44.7 Å². The molecule has 3 aliphatic heterocycles. The number of thioether (sulfide) groups is 1. The van der Waals surface area contributed by atoms with Crippen LogP contribution in [-0.4, -0.2) is 58.6 Å². The van der Waals surface area contributed by atoms with Gasteiger partial charge < -0.3 is 19.3 Å². The van der Waals surface area contributed by atoms with E-state index in [1.807, 2.05) is 10.3 Å². The van der Waals surface area contributed by atoms with Crippen molar-refractivity contribution in [2.75, 3.05) is 19.7 Å². The quantitative estimate of drug-likeness (QED) is 0.479. The molecule has 10 heteroatoms. The topological polar surface area (TPSA) is 88.5 Å². The molecule has 0 bridgehead atoms. The van der Waals surface area contributed by atoms with Crippen LogP contribution in [0.3, 0.4) is 0 Å². The average Bonchev–Trinajstić information content (AvgIpc) is 3.25. The van der Waals surface area contributed by atoms with Gasteiger partial charge in [-0.15, -0.1) is 0 Å². The van der Waals surface area contributed by atoms with Crippen LogP contribution >= 0.6 is 11.8 Å². The van der Waals surface area contributed by atoms with E-state index in [1.165, 1.54) is 23.9 Å². The number of rotatable bonds is 7. The Morgan fingerprint density at radius 2 is 1.95 bits per heavy atom. The van der Waals surface area contributed by atoms with E-state index in [4.69, 9.17) is 9.47 Å². The lowest BCUT2D eigenvalue weighted by molar-refractivity contribution is -0.151. The number of halogens is 1. The number of piperidine rings is 1. The van der Waals surface area contributed by atoms with Gasteiger partial charge in [-0.2, -0.15) is 0 Å². The molecule has 198 valence electrons. The molecule has 1 aromatic carbocycles. The Hall–Kier alpha value is -3.14. The van der Waals surface area contributed by atoms with E-state index < -0.39 is 12.0 Å². The van der Waals surface area contributed by atoms with E-state index in [-0.39, 0.29) is 36.1 Å². The first-order valence-electron chi connectivity index (χ1n) is 12.5. The summed E-state index contributed by atoms with van der Waals surface area (Å²) in [5, 5.41) is 2.50. The van der Waals surface area contributed by atoms with E-state index >= 15 is 0 Å². The van der Waals surface area contributed by atoms with Crippen LogP contribution in [0.4, 0.5) is 4.39 Å². The molecule has 0 aliphatic carbocycles. The van der Waals surface area contributed by atoms with Crippen LogP contribution in [0.15, 0.2) is 51.6 Å². The molecule has 1 fully saturated rings. The van der Waals surface area contributed by atoms with Crippen molar-refractivity contribution in [1.29, 1.82) is 0 Å². The van der Waals surface area contributed by atoms with Crippen molar-refractivity contribution in [2.45, 2.75) is 59.1 Å². The molecular formula is C27H32FN3O5S. The number of carbonyl (C=O) groups is 3. The maximum Gasteiger partial charge on any atom is 0.338 e. The lowest BCUT2D eigenvalue weighted by Gasteiger charge is -2.37. The summed E-state index contributed by atoms with van der Waals surface area (Å²) in [5.41, 5.74) is 2.24. The molecule has 3 aliphatic rings. The zero-order valence-corrected chi connectivity index (χ0v) is 22.3. The highest BCUT2D eigenvalue weighted by molar-refractivity contribution is 8.16. The van der Waals surface area contributed by atoms with Gasteiger partial charge in [-0.25, -0.2) is 14.2 Å². The third-order valence-electron chi connectivity index (χ3n) is 6.48. The smallest absolute Gasteiger partial charge is 0.338 e. The number of allylic oxidation sites excluding steroid dienone is 1. The molecule has 4 rings (SSSR count). The summed E-state index contributed by atoms with van der Waals surface area (Å²) in [6.45, 7) is 8.28. The number of aliphatic imine (C=N–C) groups is 1. The molecule has 0 aromatic heterocycles. The molecule has 8 nitrogen and oxygen atoms in total.